The van der Waals surface area contributed by atoms with Crippen LogP contribution in [0.2, 0.25) is 0 Å². The van der Waals surface area contributed by atoms with E-state index < -0.39 is 5.54 Å². The number of aliphatic imine (C=N–C) groups is 1. The number of unbranched alkanes of at least 4 members (excludes halogenated alkanes) is 1. The van der Waals surface area contributed by atoms with Gasteiger partial charge in [0.15, 0.2) is 0 Å². The summed E-state index contributed by atoms with van der Waals surface area (Å²) in [5.41, 5.74) is -0.481. The molecule has 1 aliphatic heterocycles. The van der Waals surface area contributed by atoms with Crippen LogP contribution in [0.5, 0.6) is 0 Å². The highest BCUT2D eigenvalue weighted by Gasteiger charge is 2.40. The van der Waals surface area contributed by atoms with Gasteiger partial charge in [-0.1, -0.05) is 45.4 Å². The van der Waals surface area contributed by atoms with E-state index in [1.54, 1.807) is 0 Å². The molecule has 0 spiro atoms. The minimum absolute atomic E-state index is 0.124. The van der Waals surface area contributed by atoms with Gasteiger partial charge in [0.25, 0.3) is 5.91 Å². The van der Waals surface area contributed by atoms with E-state index in [1.165, 1.54) is 32.1 Å². The molecule has 3 heteroatoms. The van der Waals surface area contributed by atoms with Crippen molar-refractivity contribution in [3.63, 3.8) is 0 Å². The molecule has 0 aromatic heterocycles. The van der Waals surface area contributed by atoms with E-state index in [9.17, 15) is 4.79 Å². The summed E-state index contributed by atoms with van der Waals surface area (Å²) in [6.07, 6.45) is 10.7. The molecule has 18 heavy (non-hydrogen) atoms. The topological polar surface area (TPSA) is 41.5 Å². The van der Waals surface area contributed by atoms with Crippen LogP contribution in [-0.2, 0) is 4.79 Å². The maximum Gasteiger partial charge on any atom is 0.252 e. The minimum Gasteiger partial charge on any atom is -0.312 e. The van der Waals surface area contributed by atoms with E-state index in [0.29, 0.717) is 5.92 Å². The second-order valence-electron chi connectivity index (χ2n) is 6.10. The second kappa shape index (κ2) is 5.85. The van der Waals surface area contributed by atoms with Crippen LogP contribution >= 0.6 is 0 Å². The first-order chi connectivity index (χ1) is 8.64. The second-order valence-corrected chi connectivity index (χ2v) is 6.10. The largest absolute Gasteiger partial charge is 0.312 e. The summed E-state index contributed by atoms with van der Waals surface area (Å²) < 4.78 is 0. The Morgan fingerprint density at radius 2 is 2.06 bits per heavy atom. The van der Waals surface area contributed by atoms with Gasteiger partial charge in [0.1, 0.15) is 11.4 Å². The van der Waals surface area contributed by atoms with Crippen LogP contribution < -0.4 is 5.32 Å². The first kappa shape index (κ1) is 13.6. The zero-order chi connectivity index (χ0) is 13.0. The monoisotopic (exact) mass is 250 g/mol. The molecular weight excluding hydrogens is 224 g/mol. The average molecular weight is 250 g/mol. The molecule has 0 aromatic rings. The van der Waals surface area contributed by atoms with E-state index in [1.807, 2.05) is 6.92 Å². The molecule has 1 N–H and O–H groups in total. The molecule has 1 saturated carbocycles. The molecule has 1 unspecified atom stereocenters. The summed E-state index contributed by atoms with van der Waals surface area (Å²) >= 11 is 0. The highest BCUT2D eigenvalue weighted by Crippen LogP contribution is 2.34. The summed E-state index contributed by atoms with van der Waals surface area (Å²) in [5.74, 6) is 1.74. The van der Waals surface area contributed by atoms with Gasteiger partial charge in [-0.25, -0.2) is 0 Å². The molecule has 2 rings (SSSR count). The summed E-state index contributed by atoms with van der Waals surface area (Å²) in [6.45, 7) is 4.18. The zero-order valence-electron chi connectivity index (χ0n) is 11.8. The van der Waals surface area contributed by atoms with Crippen molar-refractivity contribution in [3.05, 3.63) is 0 Å². The summed E-state index contributed by atoms with van der Waals surface area (Å²) in [4.78, 5) is 16.8. The van der Waals surface area contributed by atoms with Crippen molar-refractivity contribution < 1.29 is 4.79 Å². The summed E-state index contributed by atoms with van der Waals surface area (Å²) in [7, 11) is 0. The van der Waals surface area contributed by atoms with Crippen molar-refractivity contribution in [2.75, 3.05) is 0 Å². The molecule has 0 saturated heterocycles. The van der Waals surface area contributed by atoms with Crippen LogP contribution in [0.3, 0.4) is 0 Å². The third-order valence-electron chi connectivity index (χ3n) is 4.31. The lowest BCUT2D eigenvalue weighted by molar-refractivity contribution is -0.123. The molecule has 1 amide bonds. The molecule has 102 valence electrons. The Balaban J connectivity index is 1.95. The SMILES string of the molecule is CCCCC1=NC(C)(CC2CCCCC2)C(=O)N1. The Morgan fingerprint density at radius 1 is 1.33 bits per heavy atom. The van der Waals surface area contributed by atoms with Crippen molar-refractivity contribution in [3.8, 4) is 0 Å². The Bertz CT molecular complexity index is 331. The predicted octanol–water partition coefficient (Wildman–Crippen LogP) is 3.43. The van der Waals surface area contributed by atoms with Crippen molar-refractivity contribution in [2.45, 2.75) is 77.2 Å². The highest BCUT2D eigenvalue weighted by molar-refractivity contribution is 6.07. The van der Waals surface area contributed by atoms with Crippen LogP contribution in [0, 0.1) is 5.92 Å². The Kier molecular flexibility index (Phi) is 4.41. The lowest BCUT2D eigenvalue weighted by Gasteiger charge is -2.27. The van der Waals surface area contributed by atoms with Crippen LogP contribution in [0.4, 0.5) is 0 Å². The van der Waals surface area contributed by atoms with E-state index in [0.717, 1.165) is 31.5 Å². The molecule has 2 aliphatic rings. The fourth-order valence-corrected chi connectivity index (χ4v) is 3.20. The molecule has 3 nitrogen and oxygen atoms in total. The van der Waals surface area contributed by atoms with E-state index in [4.69, 9.17) is 0 Å². The van der Waals surface area contributed by atoms with Crippen LogP contribution in [-0.4, -0.2) is 17.3 Å². The van der Waals surface area contributed by atoms with Gasteiger partial charge in [0.05, 0.1) is 0 Å². The van der Waals surface area contributed by atoms with E-state index in [2.05, 4.69) is 17.2 Å². The fourth-order valence-electron chi connectivity index (χ4n) is 3.20. The number of amidine groups is 1. The molecule has 1 heterocycles. The highest BCUT2D eigenvalue weighted by atomic mass is 16.2. The summed E-state index contributed by atoms with van der Waals surface area (Å²) in [6, 6.07) is 0. The lowest BCUT2D eigenvalue weighted by atomic mass is 9.80. The van der Waals surface area contributed by atoms with Gasteiger partial charge in [0.2, 0.25) is 0 Å². The van der Waals surface area contributed by atoms with Crippen LogP contribution in [0.1, 0.15) is 71.6 Å². The molecule has 0 bridgehead atoms. The minimum atomic E-state index is -0.481. The number of nitrogens with one attached hydrogen (secondary N) is 1. The van der Waals surface area contributed by atoms with Gasteiger partial charge in [-0.3, -0.25) is 9.79 Å². The average Bonchev–Trinajstić information content (AvgIpc) is 2.63. The molecular formula is C15H26N2O. The Morgan fingerprint density at radius 3 is 2.72 bits per heavy atom. The maximum absolute atomic E-state index is 12.1. The lowest BCUT2D eigenvalue weighted by Crippen LogP contribution is -2.39. The molecule has 1 aliphatic carbocycles. The van der Waals surface area contributed by atoms with Crippen molar-refractivity contribution in [2.24, 2.45) is 10.9 Å². The van der Waals surface area contributed by atoms with Gasteiger partial charge < -0.3 is 5.32 Å². The first-order valence-corrected chi connectivity index (χ1v) is 7.54. The predicted molar refractivity (Wildman–Crippen MR) is 74.7 cm³/mol. The van der Waals surface area contributed by atoms with E-state index in [-0.39, 0.29) is 5.91 Å². The van der Waals surface area contributed by atoms with Gasteiger partial charge in [-0.15, -0.1) is 0 Å². The summed E-state index contributed by atoms with van der Waals surface area (Å²) in [5, 5.41) is 2.98. The molecule has 0 aromatic carbocycles. The third-order valence-corrected chi connectivity index (χ3v) is 4.31. The van der Waals surface area contributed by atoms with Gasteiger partial charge in [-0.05, 0) is 25.7 Å². The van der Waals surface area contributed by atoms with E-state index >= 15 is 0 Å². The van der Waals surface area contributed by atoms with Crippen LogP contribution in [0.25, 0.3) is 0 Å². The number of carbonyl (C=O) groups excluding carboxylic acids is 1. The number of carbonyl (C=O) groups is 1. The van der Waals surface area contributed by atoms with Gasteiger partial charge in [0, 0.05) is 6.42 Å². The van der Waals surface area contributed by atoms with Gasteiger partial charge >= 0.3 is 0 Å². The molecule has 1 fully saturated rings. The maximum atomic E-state index is 12.1. The van der Waals surface area contributed by atoms with Crippen molar-refractivity contribution in [1.82, 2.24) is 5.32 Å². The Labute approximate surface area is 110 Å². The smallest absolute Gasteiger partial charge is 0.252 e. The zero-order valence-corrected chi connectivity index (χ0v) is 11.8. The van der Waals surface area contributed by atoms with Gasteiger partial charge in [-0.2, -0.15) is 0 Å². The number of rotatable bonds is 5. The first-order valence-electron chi connectivity index (χ1n) is 7.54. The molecule has 0 radical (unpaired) electrons. The van der Waals surface area contributed by atoms with Crippen LogP contribution in [0.15, 0.2) is 4.99 Å². The Hall–Kier alpha value is -0.860. The standard InChI is InChI=1S/C15H26N2O/c1-3-4-10-13-16-14(18)15(2,17-13)11-12-8-6-5-7-9-12/h12H,3-11H2,1-2H3,(H,16,17,18). The third kappa shape index (κ3) is 3.12. The van der Waals surface area contributed by atoms with Crippen molar-refractivity contribution >= 4 is 11.7 Å². The quantitative estimate of drug-likeness (QED) is 0.798. The number of amides is 1. The molecule has 1 atom stereocenters. The fraction of sp³-hybridized carbons (Fsp3) is 0.867. The number of hydrogen-bond acceptors (Lipinski definition) is 2. The van der Waals surface area contributed by atoms with Crippen molar-refractivity contribution in [1.29, 1.82) is 0 Å². The number of hydrogen-bond donors (Lipinski definition) is 1. The number of nitrogens with zero attached hydrogens (tertiary/aromatic N) is 1. The normalized spacial score (nSPS) is 29.2.